The first-order valence-electron chi connectivity index (χ1n) is 6.31. The summed E-state index contributed by atoms with van der Waals surface area (Å²) in [5.41, 5.74) is 3.36. The molecule has 104 valence electrons. The maximum absolute atomic E-state index is 12.2. The molecule has 1 atom stereocenters. The molecule has 0 saturated heterocycles. The van der Waals surface area contributed by atoms with E-state index in [4.69, 9.17) is 0 Å². The molecule has 0 aliphatic heterocycles. The van der Waals surface area contributed by atoms with Gasteiger partial charge in [-0.2, -0.15) is 0 Å². The van der Waals surface area contributed by atoms with Crippen LogP contribution in [0.15, 0.2) is 48.5 Å². The van der Waals surface area contributed by atoms with Gasteiger partial charge in [0.15, 0.2) is 0 Å². The van der Waals surface area contributed by atoms with Crippen molar-refractivity contribution < 1.29 is 9.00 Å². The first kappa shape index (κ1) is 14.5. The van der Waals surface area contributed by atoms with E-state index in [0.29, 0.717) is 11.3 Å². The van der Waals surface area contributed by atoms with Crippen molar-refractivity contribution in [1.29, 1.82) is 0 Å². The van der Waals surface area contributed by atoms with E-state index in [9.17, 15) is 9.00 Å². The summed E-state index contributed by atoms with van der Waals surface area (Å²) in [4.78, 5) is 12.2. The highest BCUT2D eigenvalue weighted by atomic mass is 32.2. The molecular weight excluding hydrogens is 270 g/mol. The molecule has 2 aromatic rings. The fraction of sp³-hybridized carbons (Fsp3) is 0.188. The zero-order valence-corrected chi connectivity index (χ0v) is 12.4. The van der Waals surface area contributed by atoms with Crippen LogP contribution in [-0.2, 0) is 16.6 Å². The van der Waals surface area contributed by atoms with Crippen LogP contribution in [0, 0.1) is 6.92 Å². The summed E-state index contributed by atoms with van der Waals surface area (Å²) in [7, 11) is -0.911. The lowest BCUT2D eigenvalue weighted by Gasteiger charge is -2.07. The molecule has 20 heavy (non-hydrogen) atoms. The molecule has 1 N–H and O–H groups in total. The van der Waals surface area contributed by atoms with Crippen molar-refractivity contribution in [3.05, 3.63) is 65.2 Å². The molecule has 0 spiro atoms. The lowest BCUT2D eigenvalue weighted by molar-refractivity contribution is 0.102. The highest BCUT2D eigenvalue weighted by Gasteiger charge is 2.07. The number of amides is 1. The van der Waals surface area contributed by atoms with Crippen LogP contribution in [0.5, 0.6) is 0 Å². The molecule has 0 bridgehead atoms. The molecule has 0 aliphatic rings. The Bertz CT molecular complexity index is 652. The SMILES string of the molecule is Cc1cccc(NC(=O)c2cccc(CS(C)=O)c2)c1. The lowest BCUT2D eigenvalue weighted by atomic mass is 10.1. The second-order valence-electron chi connectivity index (χ2n) is 4.74. The van der Waals surface area contributed by atoms with E-state index in [-0.39, 0.29) is 5.91 Å². The van der Waals surface area contributed by atoms with Crippen LogP contribution in [0.1, 0.15) is 21.5 Å². The zero-order chi connectivity index (χ0) is 14.5. The summed E-state index contributed by atoms with van der Waals surface area (Å²) in [5.74, 6) is 0.310. The number of hydrogen-bond acceptors (Lipinski definition) is 2. The average molecular weight is 287 g/mol. The van der Waals surface area contributed by atoms with Crippen LogP contribution >= 0.6 is 0 Å². The van der Waals surface area contributed by atoms with E-state index < -0.39 is 10.8 Å². The Balaban J connectivity index is 2.15. The van der Waals surface area contributed by atoms with Gasteiger partial charge >= 0.3 is 0 Å². The normalized spacial score (nSPS) is 11.9. The van der Waals surface area contributed by atoms with Crippen LogP contribution < -0.4 is 5.32 Å². The average Bonchev–Trinajstić information content (AvgIpc) is 2.38. The summed E-state index contributed by atoms with van der Waals surface area (Å²) >= 11 is 0. The number of nitrogens with one attached hydrogen (secondary N) is 1. The van der Waals surface area contributed by atoms with Gasteiger partial charge in [0, 0.05) is 34.1 Å². The van der Waals surface area contributed by atoms with Crippen molar-refractivity contribution >= 4 is 22.4 Å². The highest BCUT2D eigenvalue weighted by Crippen LogP contribution is 2.13. The Kier molecular flexibility index (Phi) is 4.69. The second-order valence-corrected chi connectivity index (χ2v) is 6.18. The molecule has 0 radical (unpaired) electrons. The molecule has 4 heteroatoms. The molecule has 0 fully saturated rings. The van der Waals surface area contributed by atoms with Crippen LogP contribution in [0.2, 0.25) is 0 Å². The van der Waals surface area contributed by atoms with E-state index in [1.54, 1.807) is 18.4 Å². The highest BCUT2D eigenvalue weighted by molar-refractivity contribution is 7.83. The van der Waals surface area contributed by atoms with Crippen LogP contribution in [0.4, 0.5) is 5.69 Å². The number of aryl methyl sites for hydroxylation is 1. The van der Waals surface area contributed by atoms with Gasteiger partial charge in [-0.25, -0.2) is 0 Å². The maximum Gasteiger partial charge on any atom is 0.255 e. The molecule has 2 rings (SSSR count). The molecule has 1 amide bonds. The van der Waals surface area contributed by atoms with Crippen molar-refractivity contribution in [1.82, 2.24) is 0 Å². The second kappa shape index (κ2) is 6.48. The third kappa shape index (κ3) is 4.03. The van der Waals surface area contributed by atoms with Crippen LogP contribution in [-0.4, -0.2) is 16.4 Å². The number of rotatable bonds is 4. The molecule has 0 heterocycles. The van der Waals surface area contributed by atoms with Crippen LogP contribution in [0.3, 0.4) is 0 Å². The molecule has 0 saturated carbocycles. The van der Waals surface area contributed by atoms with Crippen molar-refractivity contribution in [2.45, 2.75) is 12.7 Å². The molecule has 0 aromatic heterocycles. The van der Waals surface area contributed by atoms with Crippen LogP contribution in [0.25, 0.3) is 0 Å². The van der Waals surface area contributed by atoms with Gasteiger partial charge in [0.1, 0.15) is 0 Å². The maximum atomic E-state index is 12.2. The minimum atomic E-state index is -0.911. The molecule has 2 aromatic carbocycles. The van der Waals surface area contributed by atoms with Gasteiger partial charge in [-0.05, 0) is 42.3 Å². The summed E-state index contributed by atoms with van der Waals surface area (Å²) in [5, 5.41) is 2.86. The number of hydrogen-bond donors (Lipinski definition) is 1. The standard InChI is InChI=1S/C16H17NO2S/c1-12-5-3-8-15(9-12)17-16(18)14-7-4-6-13(10-14)11-20(2)19/h3-10H,11H2,1-2H3,(H,17,18). The molecular formula is C16H17NO2S. The predicted molar refractivity (Wildman–Crippen MR) is 83.3 cm³/mol. The first-order valence-corrected chi connectivity index (χ1v) is 8.04. The summed E-state index contributed by atoms with van der Waals surface area (Å²) in [6, 6.07) is 14.9. The topological polar surface area (TPSA) is 46.2 Å². The fourth-order valence-corrected chi connectivity index (χ4v) is 2.61. The Morgan fingerprint density at radius 2 is 1.90 bits per heavy atom. The third-order valence-electron chi connectivity index (χ3n) is 2.84. The van der Waals surface area contributed by atoms with Gasteiger partial charge in [-0.1, -0.05) is 24.3 Å². The minimum absolute atomic E-state index is 0.153. The largest absolute Gasteiger partial charge is 0.322 e. The Morgan fingerprint density at radius 3 is 2.60 bits per heavy atom. The van der Waals surface area contributed by atoms with E-state index >= 15 is 0 Å². The van der Waals surface area contributed by atoms with E-state index in [2.05, 4.69) is 5.32 Å². The van der Waals surface area contributed by atoms with E-state index in [1.807, 2.05) is 43.3 Å². The van der Waals surface area contributed by atoms with Gasteiger partial charge in [0.2, 0.25) is 0 Å². The Morgan fingerprint density at radius 1 is 1.15 bits per heavy atom. The van der Waals surface area contributed by atoms with E-state index in [1.165, 1.54) is 0 Å². The first-order chi connectivity index (χ1) is 9.54. The lowest BCUT2D eigenvalue weighted by Crippen LogP contribution is -2.12. The number of carbonyl (C=O) groups is 1. The monoisotopic (exact) mass is 287 g/mol. The summed E-state index contributed by atoms with van der Waals surface area (Å²) in [6.45, 7) is 1.98. The molecule has 3 nitrogen and oxygen atoms in total. The fourth-order valence-electron chi connectivity index (χ4n) is 1.96. The van der Waals surface area contributed by atoms with Gasteiger partial charge in [-0.3, -0.25) is 9.00 Å². The summed E-state index contributed by atoms with van der Waals surface area (Å²) in [6.07, 6.45) is 1.65. The molecule has 0 aliphatic carbocycles. The van der Waals surface area contributed by atoms with Gasteiger partial charge in [0.25, 0.3) is 5.91 Å². The number of anilines is 1. The van der Waals surface area contributed by atoms with Crippen molar-refractivity contribution in [2.75, 3.05) is 11.6 Å². The Hall–Kier alpha value is -1.94. The smallest absolute Gasteiger partial charge is 0.255 e. The van der Waals surface area contributed by atoms with Gasteiger partial charge in [0.05, 0.1) is 0 Å². The number of carbonyl (C=O) groups excluding carboxylic acids is 1. The Labute approximate surface area is 121 Å². The van der Waals surface area contributed by atoms with Gasteiger partial charge in [-0.15, -0.1) is 0 Å². The van der Waals surface area contributed by atoms with Gasteiger partial charge < -0.3 is 5.32 Å². The summed E-state index contributed by atoms with van der Waals surface area (Å²) < 4.78 is 11.2. The van der Waals surface area contributed by atoms with Crippen molar-refractivity contribution in [2.24, 2.45) is 0 Å². The van der Waals surface area contributed by atoms with Crippen molar-refractivity contribution in [3.8, 4) is 0 Å². The quantitative estimate of drug-likeness (QED) is 0.939. The zero-order valence-electron chi connectivity index (χ0n) is 11.6. The number of benzene rings is 2. The van der Waals surface area contributed by atoms with E-state index in [0.717, 1.165) is 16.8 Å². The minimum Gasteiger partial charge on any atom is -0.322 e. The molecule has 1 unspecified atom stereocenters. The predicted octanol–water partition coefficient (Wildman–Crippen LogP) is 3.13. The third-order valence-corrected chi connectivity index (χ3v) is 3.57. The van der Waals surface area contributed by atoms with Crippen molar-refractivity contribution in [3.63, 3.8) is 0 Å².